The fourth-order valence-corrected chi connectivity index (χ4v) is 3.44. The standard InChI is InChI=1S/C15H12ClN5S/c1-9-12(16)13-18-14(22-15-17-7-8-20(15)2)10-5-3-4-6-11(10)21(13)19-9/h3-8H,1-2H3. The highest BCUT2D eigenvalue weighted by Gasteiger charge is 2.16. The van der Waals surface area contributed by atoms with Gasteiger partial charge in [0.25, 0.3) is 0 Å². The molecule has 22 heavy (non-hydrogen) atoms. The van der Waals surface area contributed by atoms with E-state index in [2.05, 4.69) is 10.1 Å². The van der Waals surface area contributed by atoms with E-state index in [1.807, 2.05) is 49.0 Å². The van der Waals surface area contributed by atoms with Crippen LogP contribution in [0.4, 0.5) is 0 Å². The highest BCUT2D eigenvalue weighted by atomic mass is 35.5. The molecule has 0 atom stereocenters. The number of aryl methyl sites for hydroxylation is 2. The molecule has 0 saturated heterocycles. The van der Waals surface area contributed by atoms with Gasteiger partial charge in [0.2, 0.25) is 0 Å². The Kier molecular flexibility index (Phi) is 3.09. The van der Waals surface area contributed by atoms with Crippen LogP contribution in [0.15, 0.2) is 46.8 Å². The highest BCUT2D eigenvalue weighted by Crippen LogP contribution is 2.33. The summed E-state index contributed by atoms with van der Waals surface area (Å²) in [6.45, 7) is 1.89. The monoisotopic (exact) mass is 329 g/mol. The van der Waals surface area contributed by atoms with E-state index >= 15 is 0 Å². The fraction of sp³-hybridized carbons (Fsp3) is 0.133. The van der Waals surface area contributed by atoms with E-state index in [-0.39, 0.29) is 0 Å². The third-order valence-corrected chi connectivity index (χ3v) is 5.02. The summed E-state index contributed by atoms with van der Waals surface area (Å²) in [4.78, 5) is 9.07. The molecule has 5 nitrogen and oxygen atoms in total. The van der Waals surface area contributed by atoms with Gasteiger partial charge in [-0.15, -0.1) is 0 Å². The van der Waals surface area contributed by atoms with Crippen LogP contribution in [0.3, 0.4) is 0 Å². The molecule has 0 fully saturated rings. The largest absolute Gasteiger partial charge is 0.329 e. The second kappa shape index (κ2) is 5.00. The van der Waals surface area contributed by atoms with E-state index in [1.54, 1.807) is 10.7 Å². The Bertz CT molecular complexity index is 1000. The summed E-state index contributed by atoms with van der Waals surface area (Å²) >= 11 is 7.88. The summed E-state index contributed by atoms with van der Waals surface area (Å²) in [5.74, 6) is 0. The number of nitrogens with zero attached hydrogens (tertiary/aromatic N) is 5. The molecule has 4 aromatic rings. The first kappa shape index (κ1) is 13.6. The third-order valence-electron chi connectivity index (χ3n) is 3.50. The molecule has 0 unspecified atom stereocenters. The summed E-state index contributed by atoms with van der Waals surface area (Å²) < 4.78 is 3.77. The molecule has 0 aliphatic carbocycles. The van der Waals surface area contributed by atoms with Crippen LogP contribution >= 0.6 is 23.4 Å². The quantitative estimate of drug-likeness (QED) is 0.526. The number of imidazole rings is 1. The Morgan fingerprint density at radius 3 is 2.82 bits per heavy atom. The van der Waals surface area contributed by atoms with E-state index in [4.69, 9.17) is 16.6 Å². The van der Waals surface area contributed by atoms with Crippen LogP contribution in [0.2, 0.25) is 5.02 Å². The van der Waals surface area contributed by atoms with Crippen molar-refractivity contribution in [3.05, 3.63) is 47.4 Å². The molecule has 0 amide bonds. The maximum Gasteiger partial charge on any atom is 0.175 e. The summed E-state index contributed by atoms with van der Waals surface area (Å²) in [6, 6.07) is 8.05. The minimum Gasteiger partial charge on any atom is -0.329 e. The molecule has 4 rings (SSSR count). The van der Waals surface area contributed by atoms with Gasteiger partial charge in [0.05, 0.1) is 11.2 Å². The molecule has 7 heteroatoms. The zero-order chi connectivity index (χ0) is 15.3. The zero-order valence-corrected chi connectivity index (χ0v) is 13.6. The Morgan fingerprint density at radius 2 is 2.05 bits per heavy atom. The lowest BCUT2D eigenvalue weighted by molar-refractivity contribution is 0.789. The lowest BCUT2D eigenvalue weighted by Gasteiger charge is -2.07. The second-order valence-corrected chi connectivity index (χ2v) is 6.33. The van der Waals surface area contributed by atoms with Crippen molar-refractivity contribution in [3.63, 3.8) is 0 Å². The Hall–Kier alpha value is -2.05. The maximum absolute atomic E-state index is 6.35. The van der Waals surface area contributed by atoms with Gasteiger partial charge >= 0.3 is 0 Å². The van der Waals surface area contributed by atoms with E-state index in [1.165, 1.54) is 11.8 Å². The number of para-hydroxylation sites is 1. The van der Waals surface area contributed by atoms with Crippen LogP contribution in [-0.4, -0.2) is 24.1 Å². The third kappa shape index (κ3) is 1.99. The first-order valence-electron chi connectivity index (χ1n) is 6.74. The van der Waals surface area contributed by atoms with Crippen molar-refractivity contribution in [3.8, 4) is 0 Å². The predicted molar refractivity (Wildman–Crippen MR) is 87.6 cm³/mol. The minimum atomic E-state index is 0.590. The van der Waals surface area contributed by atoms with Crippen molar-refractivity contribution < 1.29 is 0 Å². The molecule has 0 saturated carbocycles. The number of aromatic nitrogens is 5. The van der Waals surface area contributed by atoms with E-state index in [0.29, 0.717) is 10.7 Å². The lowest BCUT2D eigenvalue weighted by Crippen LogP contribution is -1.97. The van der Waals surface area contributed by atoms with Crippen molar-refractivity contribution in [2.45, 2.75) is 17.1 Å². The van der Waals surface area contributed by atoms with Gasteiger partial charge in [-0.2, -0.15) is 5.10 Å². The smallest absolute Gasteiger partial charge is 0.175 e. The van der Waals surface area contributed by atoms with Crippen molar-refractivity contribution in [1.82, 2.24) is 24.1 Å². The molecular formula is C15H12ClN5S. The molecule has 0 N–H and O–H groups in total. The van der Waals surface area contributed by atoms with Gasteiger partial charge in [0.1, 0.15) is 10.0 Å². The first-order chi connectivity index (χ1) is 10.6. The predicted octanol–water partition coefficient (Wildman–Crippen LogP) is 3.73. The lowest BCUT2D eigenvalue weighted by atomic mass is 10.2. The molecule has 1 aromatic carbocycles. The normalized spacial score (nSPS) is 11.6. The summed E-state index contributed by atoms with van der Waals surface area (Å²) in [7, 11) is 1.96. The maximum atomic E-state index is 6.35. The number of halogens is 1. The zero-order valence-electron chi connectivity index (χ0n) is 12.0. The average Bonchev–Trinajstić information content (AvgIpc) is 3.05. The van der Waals surface area contributed by atoms with Crippen LogP contribution in [0, 0.1) is 6.92 Å². The Labute approximate surface area is 135 Å². The van der Waals surface area contributed by atoms with Crippen LogP contribution in [-0.2, 0) is 7.05 Å². The van der Waals surface area contributed by atoms with Gasteiger partial charge in [-0.05, 0) is 24.8 Å². The molecule has 3 aromatic heterocycles. The molecular weight excluding hydrogens is 318 g/mol. The number of benzene rings is 1. The molecule has 3 heterocycles. The van der Waals surface area contributed by atoms with Crippen molar-refractivity contribution >= 4 is 39.9 Å². The summed E-state index contributed by atoms with van der Waals surface area (Å²) in [5, 5.41) is 7.87. The summed E-state index contributed by atoms with van der Waals surface area (Å²) in [5.41, 5.74) is 2.44. The van der Waals surface area contributed by atoms with Crippen molar-refractivity contribution in [1.29, 1.82) is 0 Å². The molecule has 0 aliphatic rings. The van der Waals surface area contributed by atoms with Crippen LogP contribution in [0.25, 0.3) is 16.6 Å². The van der Waals surface area contributed by atoms with Gasteiger partial charge in [-0.1, -0.05) is 29.8 Å². The van der Waals surface area contributed by atoms with E-state index < -0.39 is 0 Å². The number of hydrogen-bond donors (Lipinski definition) is 0. The van der Waals surface area contributed by atoms with E-state index in [9.17, 15) is 0 Å². The molecule has 0 spiro atoms. The number of fused-ring (bicyclic) bond motifs is 3. The average molecular weight is 330 g/mol. The van der Waals surface area contributed by atoms with Crippen LogP contribution in [0.1, 0.15) is 5.69 Å². The fourth-order valence-electron chi connectivity index (χ4n) is 2.37. The van der Waals surface area contributed by atoms with E-state index in [0.717, 1.165) is 26.8 Å². The number of hydrogen-bond acceptors (Lipinski definition) is 4. The topological polar surface area (TPSA) is 48.0 Å². The first-order valence-corrected chi connectivity index (χ1v) is 7.93. The minimum absolute atomic E-state index is 0.590. The Balaban J connectivity index is 2.03. The highest BCUT2D eigenvalue weighted by molar-refractivity contribution is 7.99. The van der Waals surface area contributed by atoms with Crippen LogP contribution in [0.5, 0.6) is 0 Å². The number of rotatable bonds is 2. The second-order valence-electron chi connectivity index (χ2n) is 4.99. The van der Waals surface area contributed by atoms with Gasteiger partial charge in [0.15, 0.2) is 10.8 Å². The Morgan fingerprint density at radius 1 is 1.23 bits per heavy atom. The molecule has 0 radical (unpaired) electrons. The molecule has 0 aliphatic heterocycles. The van der Waals surface area contributed by atoms with Gasteiger partial charge in [0, 0.05) is 24.8 Å². The van der Waals surface area contributed by atoms with Gasteiger partial charge in [-0.25, -0.2) is 14.5 Å². The SMILES string of the molecule is Cc1nn2c(nc(Sc3nccn3C)c3ccccc32)c1Cl. The van der Waals surface area contributed by atoms with Gasteiger partial charge in [-0.3, -0.25) is 0 Å². The molecule has 0 bridgehead atoms. The van der Waals surface area contributed by atoms with Gasteiger partial charge < -0.3 is 4.57 Å². The summed E-state index contributed by atoms with van der Waals surface area (Å²) in [6.07, 6.45) is 3.69. The van der Waals surface area contributed by atoms with Crippen LogP contribution < -0.4 is 0 Å². The van der Waals surface area contributed by atoms with Crippen molar-refractivity contribution in [2.75, 3.05) is 0 Å². The molecule has 110 valence electrons. The van der Waals surface area contributed by atoms with Crippen molar-refractivity contribution in [2.24, 2.45) is 7.05 Å².